The molecule has 3 aromatic rings. The van der Waals surface area contributed by atoms with Crippen LogP contribution in [0.5, 0.6) is 0 Å². The third-order valence-corrected chi connectivity index (χ3v) is 8.17. The molecular weight excluding hydrogens is 379 g/mol. The maximum absolute atomic E-state index is 5.56. The molecule has 146 valence electrons. The molecule has 0 aliphatic rings. The first-order valence-corrected chi connectivity index (χ1v) is 12.5. The molecule has 0 bridgehead atoms. The largest absolute Gasteiger partial charge is 0.468 e. The van der Waals surface area contributed by atoms with Gasteiger partial charge in [-0.25, -0.2) is 0 Å². The van der Waals surface area contributed by atoms with Gasteiger partial charge in [-0.15, -0.1) is 11.8 Å². The van der Waals surface area contributed by atoms with Crippen LogP contribution < -0.4 is 10.6 Å². The van der Waals surface area contributed by atoms with Gasteiger partial charge in [0.15, 0.2) is 0 Å². The van der Waals surface area contributed by atoms with Crippen LogP contribution in [0.25, 0.3) is 0 Å². The minimum atomic E-state index is -0.497. The zero-order valence-electron chi connectivity index (χ0n) is 16.6. The van der Waals surface area contributed by atoms with Crippen molar-refractivity contribution in [3.05, 3.63) is 95.5 Å². The summed E-state index contributed by atoms with van der Waals surface area (Å²) in [6, 6.07) is 25.9. The van der Waals surface area contributed by atoms with Gasteiger partial charge in [0.05, 0.1) is 12.0 Å². The van der Waals surface area contributed by atoms with Gasteiger partial charge in [0.1, 0.15) is 5.76 Å². The normalized spacial score (nSPS) is 11.9. The lowest BCUT2D eigenvalue weighted by atomic mass is 10.1. The number of unbranched alkanes of at least 4 members (excludes halogenated alkanes) is 3. The fraction of sp³-hybridized carbons (Fsp3) is 0.280. The summed E-state index contributed by atoms with van der Waals surface area (Å²) in [4.78, 5) is 1.49. The number of hydrogen-bond acceptors (Lipinski definition) is 2. The molecule has 1 aromatic heterocycles. The number of furan rings is 1. The van der Waals surface area contributed by atoms with Gasteiger partial charge in [0.2, 0.25) is 0 Å². The summed E-state index contributed by atoms with van der Waals surface area (Å²) in [6.07, 6.45) is 8.09. The van der Waals surface area contributed by atoms with E-state index in [4.69, 9.17) is 4.42 Å². The van der Waals surface area contributed by atoms with Gasteiger partial charge in [-0.1, -0.05) is 86.8 Å². The smallest absolute Gasteiger partial charge is 0.113 e. The van der Waals surface area contributed by atoms with Gasteiger partial charge < -0.3 is 4.42 Å². The van der Waals surface area contributed by atoms with Crippen LogP contribution >= 0.6 is 19.7 Å². The van der Waals surface area contributed by atoms with Crippen molar-refractivity contribution in [3.63, 3.8) is 0 Å². The molecule has 0 aliphatic carbocycles. The molecule has 3 rings (SSSR count). The van der Waals surface area contributed by atoms with E-state index in [1.165, 1.54) is 41.2 Å². The van der Waals surface area contributed by atoms with E-state index in [0.29, 0.717) is 0 Å². The highest BCUT2D eigenvalue weighted by Gasteiger charge is 2.13. The second-order valence-electron chi connectivity index (χ2n) is 6.82. The molecule has 0 amide bonds. The molecule has 2 aromatic carbocycles. The molecule has 0 aliphatic heterocycles. The summed E-state index contributed by atoms with van der Waals surface area (Å²) < 4.78 is 5.56. The molecule has 1 heterocycles. The average molecular weight is 409 g/mol. The molecule has 0 spiro atoms. The second kappa shape index (κ2) is 11.9. The lowest BCUT2D eigenvalue weighted by Gasteiger charge is -2.17. The quantitative estimate of drug-likeness (QED) is 0.241. The highest BCUT2D eigenvalue weighted by atomic mass is 32.2. The summed E-state index contributed by atoms with van der Waals surface area (Å²) in [5, 5.41) is 2.82. The maximum atomic E-state index is 5.56. The summed E-state index contributed by atoms with van der Waals surface area (Å²) in [6.45, 7) is 2.27. The molecule has 28 heavy (non-hydrogen) atoms. The van der Waals surface area contributed by atoms with E-state index < -0.39 is 7.92 Å². The van der Waals surface area contributed by atoms with Crippen molar-refractivity contribution >= 4 is 30.3 Å². The number of benzene rings is 2. The van der Waals surface area contributed by atoms with E-state index in [2.05, 4.69) is 79.5 Å². The van der Waals surface area contributed by atoms with Gasteiger partial charge in [-0.3, -0.25) is 0 Å². The van der Waals surface area contributed by atoms with Gasteiger partial charge in [-0.05, 0) is 54.2 Å². The van der Waals surface area contributed by atoms with Crippen LogP contribution in [-0.4, -0.2) is 0 Å². The van der Waals surface area contributed by atoms with Gasteiger partial charge >= 0.3 is 0 Å². The lowest BCUT2D eigenvalue weighted by molar-refractivity contribution is 0.530. The third kappa shape index (κ3) is 6.69. The molecule has 0 saturated heterocycles. The molecule has 0 fully saturated rings. The van der Waals surface area contributed by atoms with Crippen LogP contribution in [0.3, 0.4) is 0 Å². The molecular formula is C25H29OPS. The first-order valence-electron chi connectivity index (χ1n) is 10.1. The van der Waals surface area contributed by atoms with Crippen LogP contribution in [0.15, 0.2) is 94.2 Å². The van der Waals surface area contributed by atoms with Crippen molar-refractivity contribution in [2.45, 2.75) is 44.8 Å². The molecule has 0 atom stereocenters. The Kier molecular flexibility index (Phi) is 8.94. The number of allylic oxidation sites excluding steroid dienone is 1. The van der Waals surface area contributed by atoms with Gasteiger partial charge in [0.25, 0.3) is 0 Å². The zero-order valence-corrected chi connectivity index (χ0v) is 18.3. The first-order chi connectivity index (χ1) is 13.9. The topological polar surface area (TPSA) is 13.1 Å². The molecule has 0 N–H and O–H groups in total. The predicted molar refractivity (Wildman–Crippen MR) is 126 cm³/mol. The monoisotopic (exact) mass is 408 g/mol. The second-order valence-corrected chi connectivity index (χ2v) is 9.95. The summed E-state index contributed by atoms with van der Waals surface area (Å²) in [7, 11) is -0.497. The Morgan fingerprint density at radius 2 is 1.54 bits per heavy atom. The van der Waals surface area contributed by atoms with E-state index in [-0.39, 0.29) is 0 Å². The molecule has 0 saturated carbocycles. The lowest BCUT2D eigenvalue weighted by Crippen LogP contribution is -2.09. The Morgan fingerprint density at radius 3 is 2.11 bits per heavy atom. The summed E-state index contributed by atoms with van der Waals surface area (Å²) in [5.41, 5.74) is 0. The SMILES string of the molecule is CCCCCC/C(=C/P(c1ccccc1)c1ccccc1)SCc1ccco1. The number of thioether (sulfide) groups is 1. The fourth-order valence-electron chi connectivity index (χ4n) is 3.08. The number of rotatable bonds is 11. The van der Waals surface area contributed by atoms with Crippen LogP contribution in [0, 0.1) is 0 Å². The Balaban J connectivity index is 1.83. The highest BCUT2D eigenvalue weighted by molar-refractivity contribution is 8.02. The van der Waals surface area contributed by atoms with E-state index >= 15 is 0 Å². The molecule has 0 unspecified atom stereocenters. The van der Waals surface area contributed by atoms with Crippen LogP contribution in [0.2, 0.25) is 0 Å². The van der Waals surface area contributed by atoms with Crippen molar-refractivity contribution in [1.82, 2.24) is 0 Å². The Bertz CT molecular complexity index is 773. The van der Waals surface area contributed by atoms with Crippen molar-refractivity contribution in [1.29, 1.82) is 0 Å². The maximum Gasteiger partial charge on any atom is 0.113 e. The van der Waals surface area contributed by atoms with Gasteiger partial charge in [0, 0.05) is 0 Å². The van der Waals surface area contributed by atoms with Crippen LogP contribution in [0.1, 0.15) is 44.8 Å². The molecule has 3 heteroatoms. The highest BCUT2D eigenvalue weighted by Crippen LogP contribution is 2.40. The van der Waals surface area contributed by atoms with E-state index in [1.807, 2.05) is 17.8 Å². The minimum Gasteiger partial charge on any atom is -0.468 e. The van der Waals surface area contributed by atoms with Crippen molar-refractivity contribution in [2.75, 3.05) is 0 Å². The number of hydrogen-bond donors (Lipinski definition) is 0. The third-order valence-electron chi connectivity index (χ3n) is 4.60. The average Bonchev–Trinajstić information content (AvgIpc) is 3.27. The van der Waals surface area contributed by atoms with Crippen LogP contribution in [0.4, 0.5) is 0 Å². The summed E-state index contributed by atoms with van der Waals surface area (Å²) in [5.74, 6) is 4.49. The van der Waals surface area contributed by atoms with Crippen molar-refractivity contribution in [3.8, 4) is 0 Å². The van der Waals surface area contributed by atoms with Crippen molar-refractivity contribution < 1.29 is 4.42 Å². The zero-order chi connectivity index (χ0) is 19.4. The summed E-state index contributed by atoms with van der Waals surface area (Å²) >= 11 is 1.94. The standard InChI is InChI=1S/C25H29OPS/c1-2-3-4-11-18-25(28-21-22-13-12-19-26-22)20-27(23-14-7-5-8-15-23)24-16-9-6-10-17-24/h5-10,12-17,19-20H,2-4,11,18,21H2,1H3/b25-20-. The fourth-order valence-corrected chi connectivity index (χ4v) is 6.47. The Morgan fingerprint density at radius 1 is 0.857 bits per heavy atom. The van der Waals surface area contributed by atoms with Crippen LogP contribution in [-0.2, 0) is 5.75 Å². The van der Waals surface area contributed by atoms with Gasteiger partial charge in [-0.2, -0.15) is 0 Å². The first kappa shape index (κ1) is 21.0. The van der Waals surface area contributed by atoms with Crippen molar-refractivity contribution in [2.24, 2.45) is 0 Å². The Labute approximate surface area is 175 Å². The van der Waals surface area contributed by atoms with E-state index in [0.717, 1.165) is 17.9 Å². The van der Waals surface area contributed by atoms with E-state index in [9.17, 15) is 0 Å². The molecule has 0 radical (unpaired) electrons. The molecule has 1 nitrogen and oxygen atoms in total. The Hall–Kier alpha value is -1.76. The minimum absolute atomic E-state index is 0.497. The van der Waals surface area contributed by atoms with E-state index in [1.54, 1.807) is 6.26 Å². The predicted octanol–water partition coefficient (Wildman–Crippen LogP) is 7.46.